The number of nitrogens with one attached hydrogen (secondary N) is 2. The molecule has 1 rings (SSSR count). The summed E-state index contributed by atoms with van der Waals surface area (Å²) in [6, 6.07) is 3.89. The molecule has 0 aliphatic heterocycles. The van der Waals surface area contributed by atoms with Gasteiger partial charge in [-0.3, -0.25) is 0 Å². The van der Waals surface area contributed by atoms with E-state index in [0.29, 0.717) is 5.71 Å². The third-order valence-corrected chi connectivity index (χ3v) is 3.40. The maximum absolute atomic E-state index is 8.31. The van der Waals surface area contributed by atoms with E-state index in [1.54, 1.807) is 6.20 Å². The predicted molar refractivity (Wildman–Crippen MR) is 87.8 cm³/mol. The van der Waals surface area contributed by atoms with Gasteiger partial charge in [0.05, 0.1) is 0 Å². The highest BCUT2D eigenvalue weighted by Crippen LogP contribution is 2.24. The van der Waals surface area contributed by atoms with Crippen LogP contribution in [-0.2, 0) is 0 Å². The summed E-state index contributed by atoms with van der Waals surface area (Å²) < 4.78 is 0. The van der Waals surface area contributed by atoms with E-state index in [1.165, 1.54) is 32.1 Å². The van der Waals surface area contributed by atoms with E-state index in [2.05, 4.69) is 38.0 Å². The molecule has 2 N–H and O–H groups in total. The van der Waals surface area contributed by atoms with Crippen molar-refractivity contribution in [2.24, 2.45) is 5.41 Å². The molecule has 20 heavy (non-hydrogen) atoms. The highest BCUT2D eigenvalue weighted by atomic mass is 15.0. The minimum atomic E-state index is -0.152. The van der Waals surface area contributed by atoms with Gasteiger partial charge in [-0.2, -0.15) is 0 Å². The monoisotopic (exact) mass is 275 g/mol. The smallest absolute Gasteiger partial charge is 0.135 e. The fraction of sp³-hybridized carbons (Fsp3) is 0.647. The fourth-order valence-electron chi connectivity index (χ4n) is 2.09. The minimum Gasteiger partial charge on any atom is -0.370 e. The Morgan fingerprint density at radius 2 is 1.90 bits per heavy atom. The molecule has 3 heteroatoms. The fourth-order valence-corrected chi connectivity index (χ4v) is 2.09. The zero-order chi connectivity index (χ0) is 15.0. The second-order valence-electron chi connectivity index (χ2n) is 6.37. The zero-order valence-electron chi connectivity index (χ0n) is 13.4. The lowest BCUT2D eigenvalue weighted by Gasteiger charge is -2.22. The summed E-state index contributed by atoms with van der Waals surface area (Å²) in [4.78, 5) is 4.40. The second kappa shape index (κ2) is 8.03. The Kier molecular flexibility index (Phi) is 6.69. The van der Waals surface area contributed by atoms with Gasteiger partial charge in [0, 0.05) is 29.4 Å². The van der Waals surface area contributed by atoms with Crippen molar-refractivity contribution in [1.82, 2.24) is 4.98 Å². The first-order valence-electron chi connectivity index (χ1n) is 7.75. The number of rotatable bonds is 8. The quantitative estimate of drug-likeness (QED) is 0.525. The molecule has 0 saturated heterocycles. The van der Waals surface area contributed by atoms with Crippen LogP contribution < -0.4 is 5.32 Å². The summed E-state index contributed by atoms with van der Waals surface area (Å²) in [6.45, 7) is 9.37. The Labute approximate surface area is 123 Å². The molecular weight excluding hydrogens is 246 g/mol. The van der Waals surface area contributed by atoms with Crippen molar-refractivity contribution in [2.45, 2.75) is 59.8 Å². The molecule has 0 spiro atoms. The number of nitrogens with zero attached hydrogens (tertiary/aromatic N) is 1. The zero-order valence-corrected chi connectivity index (χ0v) is 13.4. The van der Waals surface area contributed by atoms with Crippen LogP contribution in [0.1, 0.15) is 65.4 Å². The van der Waals surface area contributed by atoms with Crippen LogP contribution >= 0.6 is 0 Å². The molecule has 112 valence electrons. The number of pyridine rings is 1. The lowest BCUT2D eigenvalue weighted by molar-refractivity contribution is 0.588. The summed E-state index contributed by atoms with van der Waals surface area (Å²) in [6.07, 6.45) is 8.13. The van der Waals surface area contributed by atoms with Gasteiger partial charge in [-0.25, -0.2) is 4.98 Å². The first kappa shape index (κ1) is 16.7. The first-order chi connectivity index (χ1) is 9.46. The molecule has 0 unspecified atom stereocenters. The van der Waals surface area contributed by atoms with Crippen molar-refractivity contribution < 1.29 is 0 Å². The van der Waals surface area contributed by atoms with E-state index in [1.807, 2.05) is 12.1 Å². The molecule has 0 fully saturated rings. The molecule has 1 aromatic rings. The molecule has 3 nitrogen and oxygen atoms in total. The van der Waals surface area contributed by atoms with E-state index in [0.717, 1.165) is 17.9 Å². The van der Waals surface area contributed by atoms with Crippen molar-refractivity contribution >= 4 is 11.5 Å². The van der Waals surface area contributed by atoms with Crippen molar-refractivity contribution in [3.05, 3.63) is 23.9 Å². The van der Waals surface area contributed by atoms with Gasteiger partial charge >= 0.3 is 0 Å². The highest BCUT2D eigenvalue weighted by molar-refractivity contribution is 6.05. The summed E-state index contributed by atoms with van der Waals surface area (Å²) in [5.74, 6) is 0.850. The molecule has 0 radical (unpaired) electrons. The Balaban J connectivity index is 2.56. The Hall–Kier alpha value is -1.38. The third-order valence-electron chi connectivity index (χ3n) is 3.40. The molecule has 0 atom stereocenters. The Morgan fingerprint density at radius 1 is 1.20 bits per heavy atom. The molecule has 0 bridgehead atoms. The Morgan fingerprint density at radius 3 is 2.55 bits per heavy atom. The predicted octanol–water partition coefficient (Wildman–Crippen LogP) is 4.88. The van der Waals surface area contributed by atoms with Crippen LogP contribution in [0.25, 0.3) is 0 Å². The topological polar surface area (TPSA) is 48.8 Å². The molecule has 0 amide bonds. The number of anilines is 1. The largest absolute Gasteiger partial charge is 0.370 e. The number of hydrogen-bond acceptors (Lipinski definition) is 3. The first-order valence-corrected chi connectivity index (χ1v) is 7.75. The maximum Gasteiger partial charge on any atom is 0.135 e. The summed E-state index contributed by atoms with van der Waals surface area (Å²) in [5, 5.41) is 11.7. The molecule has 0 aliphatic rings. The van der Waals surface area contributed by atoms with E-state index < -0.39 is 0 Å². The van der Waals surface area contributed by atoms with Crippen molar-refractivity contribution in [2.75, 3.05) is 11.9 Å². The lowest BCUT2D eigenvalue weighted by atomic mass is 9.86. The summed E-state index contributed by atoms with van der Waals surface area (Å²) in [7, 11) is 0. The van der Waals surface area contributed by atoms with Gasteiger partial charge in [-0.05, 0) is 18.6 Å². The number of hydrogen-bond donors (Lipinski definition) is 2. The van der Waals surface area contributed by atoms with Gasteiger partial charge in [0.2, 0.25) is 0 Å². The molecule has 1 aromatic heterocycles. The molecule has 1 heterocycles. The average Bonchev–Trinajstić information content (AvgIpc) is 2.41. The van der Waals surface area contributed by atoms with Crippen molar-refractivity contribution in [3.63, 3.8) is 0 Å². The molecular formula is C17H29N3. The Bertz CT molecular complexity index is 418. The average molecular weight is 275 g/mol. The van der Waals surface area contributed by atoms with Crippen LogP contribution in [-0.4, -0.2) is 17.2 Å². The van der Waals surface area contributed by atoms with Crippen LogP contribution in [0.15, 0.2) is 18.3 Å². The van der Waals surface area contributed by atoms with Crippen LogP contribution in [0.5, 0.6) is 0 Å². The summed E-state index contributed by atoms with van der Waals surface area (Å²) >= 11 is 0. The number of aromatic nitrogens is 1. The lowest BCUT2D eigenvalue weighted by Crippen LogP contribution is -2.22. The summed E-state index contributed by atoms with van der Waals surface area (Å²) in [5.41, 5.74) is 1.41. The molecule has 0 saturated carbocycles. The van der Waals surface area contributed by atoms with Gasteiger partial charge in [-0.15, -0.1) is 0 Å². The highest BCUT2D eigenvalue weighted by Gasteiger charge is 2.21. The minimum absolute atomic E-state index is 0.152. The van der Waals surface area contributed by atoms with Crippen LogP contribution in [0.4, 0.5) is 5.82 Å². The normalized spacial score (nSPS) is 11.4. The SMILES string of the molecule is CCCCCCCNc1ncccc1C(=N)C(C)(C)C. The van der Waals surface area contributed by atoms with Gasteiger partial charge in [0.1, 0.15) is 5.82 Å². The second-order valence-corrected chi connectivity index (χ2v) is 6.37. The van der Waals surface area contributed by atoms with Gasteiger partial charge < -0.3 is 10.7 Å². The van der Waals surface area contributed by atoms with Crippen molar-refractivity contribution in [1.29, 1.82) is 5.41 Å². The van der Waals surface area contributed by atoms with Crippen LogP contribution in [0.3, 0.4) is 0 Å². The van der Waals surface area contributed by atoms with Crippen molar-refractivity contribution in [3.8, 4) is 0 Å². The standard InChI is InChI=1S/C17H29N3/c1-5-6-7-8-9-12-19-16-14(11-10-13-20-16)15(18)17(2,3)4/h10-11,13,18H,5-9,12H2,1-4H3,(H,19,20). The van der Waals surface area contributed by atoms with Gasteiger partial charge in [0.15, 0.2) is 0 Å². The third kappa shape index (κ3) is 5.32. The van der Waals surface area contributed by atoms with Crippen LogP contribution in [0.2, 0.25) is 0 Å². The van der Waals surface area contributed by atoms with Crippen LogP contribution in [0, 0.1) is 10.8 Å². The van der Waals surface area contributed by atoms with E-state index in [9.17, 15) is 0 Å². The molecule has 0 aromatic carbocycles. The number of unbranched alkanes of at least 4 members (excludes halogenated alkanes) is 4. The van der Waals surface area contributed by atoms with Gasteiger partial charge in [-0.1, -0.05) is 53.4 Å². The maximum atomic E-state index is 8.31. The van der Waals surface area contributed by atoms with E-state index >= 15 is 0 Å². The van der Waals surface area contributed by atoms with Gasteiger partial charge in [0.25, 0.3) is 0 Å². The van der Waals surface area contributed by atoms with E-state index in [4.69, 9.17) is 5.41 Å². The van der Waals surface area contributed by atoms with E-state index in [-0.39, 0.29) is 5.41 Å². The molecule has 0 aliphatic carbocycles.